The summed E-state index contributed by atoms with van der Waals surface area (Å²) in [7, 11) is -3.88. The van der Waals surface area contributed by atoms with E-state index < -0.39 is 10.0 Å². The van der Waals surface area contributed by atoms with Gasteiger partial charge in [0.1, 0.15) is 0 Å². The quantitative estimate of drug-likeness (QED) is 0.623. The van der Waals surface area contributed by atoms with Gasteiger partial charge in [-0.25, -0.2) is 0 Å². The Morgan fingerprint density at radius 1 is 1.04 bits per heavy atom. The molecular weight excluding hydrogens is 366 g/mol. The minimum Gasteiger partial charge on any atom is -0.378 e. The smallest absolute Gasteiger partial charge is 0.276 e. The van der Waals surface area contributed by atoms with Crippen molar-refractivity contribution in [3.63, 3.8) is 0 Å². The molecule has 0 radical (unpaired) electrons. The van der Waals surface area contributed by atoms with E-state index in [4.69, 9.17) is 4.74 Å². The molecule has 1 aliphatic heterocycles. The van der Waals surface area contributed by atoms with Crippen molar-refractivity contribution in [2.24, 2.45) is 5.10 Å². The van der Waals surface area contributed by atoms with Crippen LogP contribution in [-0.4, -0.2) is 51.2 Å². The fourth-order valence-corrected chi connectivity index (χ4v) is 3.44. The first-order valence-electron chi connectivity index (χ1n) is 8.56. The van der Waals surface area contributed by atoms with Gasteiger partial charge in [0.2, 0.25) is 0 Å². The third-order valence-corrected chi connectivity index (χ3v) is 5.38. The topological polar surface area (TPSA) is 88.1 Å². The van der Waals surface area contributed by atoms with Gasteiger partial charge in [-0.1, -0.05) is 48.0 Å². The van der Waals surface area contributed by atoms with E-state index in [0.29, 0.717) is 31.9 Å². The van der Waals surface area contributed by atoms with E-state index in [0.717, 1.165) is 5.56 Å². The zero-order valence-electron chi connectivity index (χ0n) is 15.0. The van der Waals surface area contributed by atoms with E-state index in [9.17, 15) is 13.2 Å². The summed E-state index contributed by atoms with van der Waals surface area (Å²) in [6.07, 6.45) is 0. The van der Waals surface area contributed by atoms with Crippen LogP contribution in [0.25, 0.3) is 0 Å². The molecule has 0 atom stereocenters. The van der Waals surface area contributed by atoms with Gasteiger partial charge in [0.15, 0.2) is 5.71 Å². The minimum atomic E-state index is -3.88. The number of nitrogens with zero attached hydrogens (tertiary/aromatic N) is 2. The molecule has 1 N–H and O–H groups in total. The molecule has 0 aliphatic carbocycles. The molecule has 1 saturated heterocycles. The molecule has 1 fully saturated rings. The van der Waals surface area contributed by atoms with Crippen molar-refractivity contribution in [2.75, 3.05) is 26.3 Å². The molecule has 1 aliphatic rings. The summed E-state index contributed by atoms with van der Waals surface area (Å²) in [6.45, 7) is 3.65. The highest BCUT2D eigenvalue weighted by Crippen LogP contribution is 2.11. The van der Waals surface area contributed by atoms with Crippen molar-refractivity contribution in [3.8, 4) is 0 Å². The Morgan fingerprint density at radius 3 is 2.30 bits per heavy atom. The lowest BCUT2D eigenvalue weighted by Crippen LogP contribution is -2.44. The molecule has 7 nitrogen and oxygen atoms in total. The summed E-state index contributed by atoms with van der Waals surface area (Å²) in [5.74, 6) is -0.337. The van der Waals surface area contributed by atoms with Crippen LogP contribution in [0.2, 0.25) is 0 Å². The van der Waals surface area contributed by atoms with Crippen LogP contribution in [0.15, 0.2) is 64.6 Å². The second-order valence-electron chi connectivity index (χ2n) is 6.14. The maximum Gasteiger partial charge on any atom is 0.276 e. The Labute approximate surface area is 158 Å². The fraction of sp³-hybridized carbons (Fsp3) is 0.263. The largest absolute Gasteiger partial charge is 0.378 e. The number of hydrogen-bond donors (Lipinski definition) is 1. The molecule has 1 amide bonds. The Kier molecular flexibility index (Phi) is 5.88. The van der Waals surface area contributed by atoms with Gasteiger partial charge in [-0.3, -0.25) is 4.79 Å². The zero-order valence-corrected chi connectivity index (χ0v) is 15.8. The summed E-state index contributed by atoms with van der Waals surface area (Å²) in [5.41, 5.74) is 1.54. The first-order valence-corrected chi connectivity index (χ1v) is 10.0. The summed E-state index contributed by atoms with van der Waals surface area (Å²) in [4.78, 5) is 16.8. The van der Waals surface area contributed by atoms with Gasteiger partial charge >= 0.3 is 0 Å². The Hall–Kier alpha value is -2.71. The van der Waals surface area contributed by atoms with Crippen molar-refractivity contribution in [1.29, 1.82) is 0 Å². The lowest BCUT2D eigenvalue weighted by molar-refractivity contribution is -0.127. The maximum atomic E-state index is 12.9. The Bertz CT molecular complexity index is 919. The van der Waals surface area contributed by atoms with Gasteiger partial charge in [0, 0.05) is 18.7 Å². The molecule has 2 aromatic carbocycles. The summed E-state index contributed by atoms with van der Waals surface area (Å²) < 4.78 is 30.3. The Morgan fingerprint density at radius 2 is 1.67 bits per heavy atom. The molecule has 2 aromatic rings. The molecule has 0 bridgehead atoms. The molecule has 3 rings (SSSR count). The maximum absolute atomic E-state index is 12.9. The van der Waals surface area contributed by atoms with Gasteiger partial charge < -0.3 is 9.64 Å². The number of hydrazone groups is 1. The van der Waals surface area contributed by atoms with Gasteiger partial charge in [0.25, 0.3) is 15.9 Å². The summed E-state index contributed by atoms with van der Waals surface area (Å²) in [5, 5.41) is 3.99. The Balaban J connectivity index is 1.90. The number of hydrogen-bond acceptors (Lipinski definition) is 5. The minimum absolute atomic E-state index is 0.0492. The molecule has 8 heteroatoms. The van der Waals surface area contributed by atoms with Crippen molar-refractivity contribution in [3.05, 3.63) is 65.7 Å². The van der Waals surface area contributed by atoms with E-state index in [1.54, 1.807) is 41.3 Å². The number of ether oxygens (including phenoxy) is 1. The van der Waals surface area contributed by atoms with Crippen molar-refractivity contribution in [2.45, 2.75) is 11.8 Å². The van der Waals surface area contributed by atoms with Crippen LogP contribution in [0.5, 0.6) is 0 Å². The molecule has 1 heterocycles. The molecule has 0 saturated carbocycles. The monoisotopic (exact) mass is 387 g/mol. The van der Waals surface area contributed by atoms with E-state index in [-0.39, 0.29) is 16.5 Å². The van der Waals surface area contributed by atoms with Crippen LogP contribution < -0.4 is 4.83 Å². The molecule has 0 spiro atoms. The van der Waals surface area contributed by atoms with Crippen molar-refractivity contribution < 1.29 is 17.9 Å². The highest BCUT2D eigenvalue weighted by atomic mass is 32.2. The number of morpholine rings is 1. The third kappa shape index (κ3) is 4.72. The molecule has 142 valence electrons. The molecule has 27 heavy (non-hydrogen) atoms. The summed E-state index contributed by atoms with van der Waals surface area (Å²) >= 11 is 0. The zero-order chi connectivity index (χ0) is 19.3. The first-order chi connectivity index (χ1) is 13.0. The van der Waals surface area contributed by atoms with E-state index >= 15 is 0 Å². The molecule has 0 unspecified atom stereocenters. The number of aryl methyl sites for hydroxylation is 1. The predicted molar refractivity (Wildman–Crippen MR) is 102 cm³/mol. The lowest BCUT2D eigenvalue weighted by atomic mass is 10.1. The fourth-order valence-electron chi connectivity index (χ4n) is 2.62. The number of carbonyl (C=O) groups is 1. The number of nitrogens with one attached hydrogen (secondary N) is 1. The lowest BCUT2D eigenvalue weighted by Gasteiger charge is -2.27. The van der Waals surface area contributed by atoms with Gasteiger partial charge in [0.05, 0.1) is 18.1 Å². The predicted octanol–water partition coefficient (Wildman–Crippen LogP) is 1.54. The van der Waals surface area contributed by atoms with E-state index in [1.807, 2.05) is 13.0 Å². The number of amides is 1. The number of rotatable bonds is 5. The number of sulfonamides is 1. The highest BCUT2D eigenvalue weighted by molar-refractivity contribution is 7.89. The normalized spacial score (nSPS) is 15.4. The van der Waals surface area contributed by atoms with E-state index in [2.05, 4.69) is 9.93 Å². The number of benzene rings is 2. The first kappa shape index (κ1) is 19.1. The van der Waals surface area contributed by atoms with Gasteiger partial charge in [-0.2, -0.15) is 18.4 Å². The van der Waals surface area contributed by atoms with Crippen LogP contribution in [0, 0.1) is 6.92 Å². The van der Waals surface area contributed by atoms with Gasteiger partial charge in [-0.15, -0.1) is 0 Å². The SMILES string of the molecule is Cc1ccc(S(=O)(=O)N/N=C(/C(=O)N2CCOCC2)c2ccccc2)cc1. The standard InChI is InChI=1S/C19H21N3O4S/c1-15-7-9-17(10-8-15)27(24,25)21-20-18(16-5-3-2-4-6-16)19(23)22-11-13-26-14-12-22/h2-10,21H,11-14H2,1H3/b20-18+. The average Bonchev–Trinajstić information content (AvgIpc) is 2.70. The highest BCUT2D eigenvalue weighted by Gasteiger charge is 2.24. The van der Waals surface area contributed by atoms with Crippen LogP contribution in [0.1, 0.15) is 11.1 Å². The van der Waals surface area contributed by atoms with Crippen LogP contribution in [-0.2, 0) is 19.6 Å². The molecule has 0 aromatic heterocycles. The van der Waals surface area contributed by atoms with Crippen molar-refractivity contribution in [1.82, 2.24) is 9.73 Å². The van der Waals surface area contributed by atoms with Crippen LogP contribution in [0.3, 0.4) is 0 Å². The number of carbonyl (C=O) groups excluding carboxylic acids is 1. The average molecular weight is 387 g/mol. The van der Waals surface area contributed by atoms with E-state index in [1.165, 1.54) is 12.1 Å². The van der Waals surface area contributed by atoms with Crippen molar-refractivity contribution >= 4 is 21.6 Å². The third-order valence-electron chi connectivity index (χ3n) is 4.16. The summed E-state index contributed by atoms with van der Waals surface area (Å²) in [6, 6.07) is 15.2. The second-order valence-corrected chi connectivity index (χ2v) is 7.80. The van der Waals surface area contributed by atoms with Crippen LogP contribution in [0.4, 0.5) is 0 Å². The van der Waals surface area contributed by atoms with Crippen LogP contribution >= 0.6 is 0 Å². The molecular formula is C19H21N3O4S. The second kappa shape index (κ2) is 8.32. The van der Waals surface area contributed by atoms with Gasteiger partial charge in [-0.05, 0) is 19.1 Å².